The number of hydrogen-bond acceptors (Lipinski definition) is 12. The molecule has 28 heavy (non-hydrogen) atoms. The van der Waals surface area contributed by atoms with Gasteiger partial charge in [0.2, 0.25) is 0 Å². The van der Waals surface area contributed by atoms with Crippen molar-refractivity contribution in [1.29, 1.82) is 0 Å². The maximum Gasteiger partial charge on any atom is 0.480 e. The fourth-order valence-electron chi connectivity index (χ4n) is 2.51. The number of fused-ring (bicyclic) bond motifs is 1. The Morgan fingerprint density at radius 3 is 2.68 bits per heavy atom. The molecule has 1 fully saturated rings. The molecule has 17 heteroatoms. The molecule has 0 aromatic carbocycles. The summed E-state index contributed by atoms with van der Waals surface area (Å²) in [5.74, 6) is 0.109. The van der Waals surface area contributed by atoms with Crippen LogP contribution in [0.25, 0.3) is 11.2 Å². The number of aromatic nitrogens is 4. The lowest BCUT2D eigenvalue weighted by Crippen LogP contribution is -2.33. The van der Waals surface area contributed by atoms with Gasteiger partial charge in [0.05, 0.1) is 12.9 Å². The molecular weight excluding hydrogens is 440 g/mol. The second kappa shape index (κ2) is 7.95. The molecule has 6 atom stereocenters. The molecule has 0 bridgehead atoms. The second-order valence-electron chi connectivity index (χ2n) is 5.63. The highest BCUT2D eigenvalue weighted by Crippen LogP contribution is 2.66. The van der Waals surface area contributed by atoms with Crippen LogP contribution < -0.4 is 5.73 Å². The second-order valence-corrected chi connectivity index (χ2v) is 11.3. The summed E-state index contributed by atoms with van der Waals surface area (Å²) in [6.45, 7) is -5.09. The van der Waals surface area contributed by atoms with E-state index >= 15 is 0 Å². The third-order valence-electron chi connectivity index (χ3n) is 3.84. The fourth-order valence-corrected chi connectivity index (χ4v) is 5.70. The molecule has 1 aliphatic rings. The highest BCUT2D eigenvalue weighted by Gasteiger charge is 2.46. The summed E-state index contributed by atoms with van der Waals surface area (Å²) >= 11 is 0.337. The first kappa shape index (κ1) is 21.6. The molecule has 0 saturated carbocycles. The zero-order chi connectivity index (χ0) is 20.7. The summed E-state index contributed by atoms with van der Waals surface area (Å²) in [7, 11) is -4.92. The van der Waals surface area contributed by atoms with E-state index in [4.69, 9.17) is 10.5 Å². The van der Waals surface area contributed by atoms with Gasteiger partial charge in [-0.25, -0.2) is 24.1 Å². The Kier molecular flexibility index (Phi) is 6.13. The summed E-state index contributed by atoms with van der Waals surface area (Å²) in [5, 5.41) is 20.4. The quantitative estimate of drug-likeness (QED) is 0.336. The first-order valence-corrected chi connectivity index (χ1v) is 12.5. The first-order valence-electron chi connectivity index (χ1n) is 7.56. The van der Waals surface area contributed by atoms with Crippen LogP contribution in [0.3, 0.4) is 0 Å². The van der Waals surface area contributed by atoms with Gasteiger partial charge in [0.15, 0.2) is 17.7 Å². The molecule has 0 amide bonds. The zero-order valence-electron chi connectivity index (χ0n) is 14.2. The van der Waals surface area contributed by atoms with Gasteiger partial charge in [-0.05, 0) is 17.6 Å². The first-order chi connectivity index (χ1) is 13.0. The number of aliphatic hydroxyl groups excluding tert-OH is 2. The normalized spacial score (nSPS) is 29.6. The van der Waals surface area contributed by atoms with Gasteiger partial charge in [-0.1, -0.05) is 0 Å². The molecule has 3 heterocycles. The van der Waals surface area contributed by atoms with E-state index in [0.717, 1.165) is 0 Å². The molecular formula is C11H17N5O9P2S. The Bertz CT molecular complexity index is 960. The molecule has 4 unspecified atom stereocenters. The van der Waals surface area contributed by atoms with Crippen molar-refractivity contribution < 1.29 is 42.7 Å². The summed E-state index contributed by atoms with van der Waals surface area (Å²) < 4.78 is 38.8. The minimum Gasteiger partial charge on any atom is -0.387 e. The summed E-state index contributed by atoms with van der Waals surface area (Å²) in [6.07, 6.45) is -1.71. The molecule has 14 nitrogen and oxygen atoms in total. The van der Waals surface area contributed by atoms with Gasteiger partial charge in [-0.2, -0.15) is 4.31 Å². The highest BCUT2D eigenvalue weighted by atomic mass is 32.7. The number of nitrogen functional groups attached to an aromatic ring is 1. The molecule has 3 rings (SSSR count). The molecule has 2 aromatic rings. The highest BCUT2D eigenvalue weighted by molar-refractivity contribution is 8.55. The van der Waals surface area contributed by atoms with Gasteiger partial charge in [-0.15, -0.1) is 0 Å². The lowest BCUT2D eigenvalue weighted by molar-refractivity contribution is -0.0501. The molecule has 1 saturated heterocycles. The van der Waals surface area contributed by atoms with Crippen molar-refractivity contribution in [2.24, 2.45) is 0 Å². The Morgan fingerprint density at radius 2 is 2.00 bits per heavy atom. The summed E-state index contributed by atoms with van der Waals surface area (Å²) in [5.41, 5.74) is 6.20. The zero-order valence-corrected chi connectivity index (χ0v) is 16.8. The Balaban J connectivity index is 1.73. The number of hydrogen-bond donors (Lipinski definition) is 5. The molecule has 6 N–H and O–H groups in total. The van der Waals surface area contributed by atoms with E-state index in [1.807, 2.05) is 0 Å². The van der Waals surface area contributed by atoms with Gasteiger partial charge >= 0.3 is 14.6 Å². The van der Waals surface area contributed by atoms with Crippen molar-refractivity contribution in [3.8, 4) is 0 Å². The molecule has 0 spiro atoms. The molecule has 1 aliphatic heterocycles. The van der Waals surface area contributed by atoms with E-state index in [1.54, 1.807) is 0 Å². The predicted molar refractivity (Wildman–Crippen MR) is 95.9 cm³/mol. The van der Waals surface area contributed by atoms with Crippen molar-refractivity contribution >= 4 is 43.0 Å². The number of phosphoric ester groups is 1. The number of rotatable bonds is 7. The van der Waals surface area contributed by atoms with Crippen LogP contribution in [0.4, 0.5) is 5.82 Å². The van der Waals surface area contributed by atoms with Crippen molar-refractivity contribution in [3.63, 3.8) is 0 Å². The van der Waals surface area contributed by atoms with E-state index in [1.165, 1.54) is 23.5 Å². The summed E-state index contributed by atoms with van der Waals surface area (Å²) in [4.78, 5) is 30.6. The van der Waals surface area contributed by atoms with Crippen LogP contribution in [-0.4, -0.2) is 70.7 Å². The van der Waals surface area contributed by atoms with Crippen LogP contribution in [0.5, 0.6) is 0 Å². The number of anilines is 1. The Hall–Kier alpha value is -1.12. The van der Waals surface area contributed by atoms with E-state index in [2.05, 4.69) is 23.8 Å². The van der Waals surface area contributed by atoms with Crippen LogP contribution in [0.2, 0.25) is 0 Å². The molecule has 2 aromatic heterocycles. The van der Waals surface area contributed by atoms with Gasteiger partial charge in [0.25, 0.3) is 0 Å². The Morgan fingerprint density at radius 1 is 1.29 bits per heavy atom. The minimum atomic E-state index is -4.92. The monoisotopic (exact) mass is 457 g/mol. The van der Waals surface area contributed by atoms with Gasteiger partial charge in [0, 0.05) is 0 Å². The minimum absolute atomic E-state index is 0.109. The van der Waals surface area contributed by atoms with Crippen LogP contribution in [-0.2, 0) is 22.7 Å². The van der Waals surface area contributed by atoms with Crippen molar-refractivity contribution in [1.82, 2.24) is 19.5 Å². The van der Waals surface area contributed by atoms with Crippen molar-refractivity contribution in [2.75, 3.05) is 18.6 Å². The standard InChI is InChI=1S/C11H17N5O9P2S/c1-28-27(21,22)25-26(19,20)23-2-5-7(17)8(18)11(24-5)16-4-15-6-9(12)13-3-14-10(6)16/h3-5,7-8,11,17-18H,2H2,1H3,(H,19,20)(H,21,22)(H2,12,13,14)/t5-,7?,8?,11-/m1/s1. The summed E-state index contributed by atoms with van der Waals surface area (Å²) in [6, 6.07) is 0. The van der Waals surface area contributed by atoms with Gasteiger partial charge in [0.1, 0.15) is 30.2 Å². The smallest absolute Gasteiger partial charge is 0.387 e. The average Bonchev–Trinajstić information content (AvgIpc) is 3.16. The predicted octanol–water partition coefficient (Wildman–Crippen LogP) is -0.375. The van der Waals surface area contributed by atoms with E-state index in [9.17, 15) is 29.1 Å². The van der Waals surface area contributed by atoms with E-state index < -0.39 is 45.8 Å². The number of nitrogens with zero attached hydrogens (tertiary/aromatic N) is 4. The van der Waals surface area contributed by atoms with Crippen LogP contribution in [0.15, 0.2) is 12.7 Å². The lowest BCUT2D eigenvalue weighted by atomic mass is 10.1. The average molecular weight is 457 g/mol. The van der Waals surface area contributed by atoms with Gasteiger partial charge in [-0.3, -0.25) is 9.09 Å². The van der Waals surface area contributed by atoms with Crippen molar-refractivity contribution in [2.45, 2.75) is 24.5 Å². The Labute approximate surface area is 161 Å². The maximum absolute atomic E-state index is 11.8. The molecule has 0 aliphatic carbocycles. The lowest BCUT2D eigenvalue weighted by Gasteiger charge is -2.18. The van der Waals surface area contributed by atoms with Gasteiger partial charge < -0.3 is 30.5 Å². The molecule has 156 valence electrons. The SMILES string of the molecule is CSP(=O)(O)OP(=O)(O)OC[C@H]1O[C@@H](n2cnc3c(N)ncnc32)C(O)C1O. The third kappa shape index (κ3) is 4.39. The largest absolute Gasteiger partial charge is 0.480 e. The maximum atomic E-state index is 11.8. The number of ether oxygens (including phenoxy) is 1. The fraction of sp³-hybridized carbons (Fsp3) is 0.545. The van der Waals surface area contributed by atoms with E-state index in [0.29, 0.717) is 11.4 Å². The topological polar surface area (TPSA) is 212 Å². The number of aliphatic hydroxyl groups is 2. The van der Waals surface area contributed by atoms with Crippen molar-refractivity contribution in [3.05, 3.63) is 12.7 Å². The van der Waals surface area contributed by atoms with Crippen LogP contribution in [0.1, 0.15) is 6.23 Å². The van der Waals surface area contributed by atoms with E-state index in [-0.39, 0.29) is 17.0 Å². The number of phosphoric acid groups is 1. The molecule has 0 radical (unpaired) electrons. The number of imidazole rings is 1. The van der Waals surface area contributed by atoms with Crippen LogP contribution >= 0.6 is 26.0 Å². The third-order valence-corrected chi connectivity index (χ3v) is 8.41. The van der Waals surface area contributed by atoms with Crippen LogP contribution in [0, 0.1) is 0 Å². The number of nitrogens with two attached hydrogens (primary N) is 1.